The van der Waals surface area contributed by atoms with Gasteiger partial charge in [-0.2, -0.15) is 0 Å². The van der Waals surface area contributed by atoms with Crippen LogP contribution in [0.25, 0.3) is 0 Å². The lowest BCUT2D eigenvalue weighted by Gasteiger charge is -2.14. The Bertz CT molecular complexity index is 633. The number of aryl methyl sites for hydroxylation is 1. The summed E-state index contributed by atoms with van der Waals surface area (Å²) in [5, 5.41) is 2.63. The molecule has 0 aromatic heterocycles. The molecule has 118 valence electrons. The van der Waals surface area contributed by atoms with Gasteiger partial charge in [-0.05, 0) is 38.5 Å². The minimum atomic E-state index is -4.26. The van der Waals surface area contributed by atoms with Gasteiger partial charge in [0.2, 0.25) is 0 Å². The fraction of sp³-hybridized carbons (Fsp3) is 0.462. The van der Waals surface area contributed by atoms with Gasteiger partial charge in [0.25, 0.3) is 15.0 Å². The maximum Gasteiger partial charge on any atom is 0.264 e. The van der Waals surface area contributed by atoms with Crippen LogP contribution >= 0.6 is 10.7 Å². The number of carbonyl (C=O) groups is 1. The van der Waals surface area contributed by atoms with Crippen LogP contribution in [0, 0.1) is 12.7 Å². The molecule has 1 rings (SSSR count). The van der Waals surface area contributed by atoms with Crippen molar-refractivity contribution in [2.45, 2.75) is 31.7 Å². The average Bonchev–Trinajstić information content (AvgIpc) is 2.37. The Labute approximate surface area is 127 Å². The molecule has 0 radical (unpaired) electrons. The van der Waals surface area contributed by atoms with Gasteiger partial charge < -0.3 is 10.1 Å². The first-order chi connectivity index (χ1) is 9.66. The molecule has 0 bridgehead atoms. The smallest absolute Gasteiger partial charge is 0.264 e. The van der Waals surface area contributed by atoms with Gasteiger partial charge in [0, 0.05) is 28.9 Å². The summed E-state index contributed by atoms with van der Waals surface area (Å²) in [6, 6.07) is 1.93. The van der Waals surface area contributed by atoms with Crippen LogP contribution in [0.1, 0.15) is 29.8 Å². The van der Waals surface area contributed by atoms with E-state index in [1.165, 1.54) is 13.0 Å². The van der Waals surface area contributed by atoms with Crippen LogP contribution in [-0.2, 0) is 13.8 Å². The molecular weight excluding hydrogens is 321 g/mol. The Morgan fingerprint density at radius 1 is 1.48 bits per heavy atom. The van der Waals surface area contributed by atoms with E-state index >= 15 is 0 Å². The molecule has 1 unspecified atom stereocenters. The third-order valence-electron chi connectivity index (χ3n) is 2.70. The topological polar surface area (TPSA) is 72.5 Å². The largest absolute Gasteiger partial charge is 0.380 e. The summed E-state index contributed by atoms with van der Waals surface area (Å²) < 4.78 is 41.6. The zero-order valence-electron chi connectivity index (χ0n) is 11.9. The summed E-state index contributed by atoms with van der Waals surface area (Å²) in [4.78, 5) is 11.3. The number of rotatable bonds is 6. The fourth-order valence-corrected chi connectivity index (χ4v) is 2.67. The van der Waals surface area contributed by atoms with E-state index in [4.69, 9.17) is 15.4 Å². The second kappa shape index (κ2) is 7.20. The third kappa shape index (κ3) is 4.94. The summed E-state index contributed by atoms with van der Waals surface area (Å²) in [6.45, 7) is 5.77. The van der Waals surface area contributed by atoms with Crippen molar-refractivity contribution >= 4 is 25.6 Å². The first kappa shape index (κ1) is 17.9. The van der Waals surface area contributed by atoms with Gasteiger partial charge in [-0.3, -0.25) is 4.79 Å². The lowest BCUT2D eigenvalue weighted by atomic mass is 10.1. The van der Waals surface area contributed by atoms with E-state index in [0.29, 0.717) is 13.2 Å². The maximum absolute atomic E-state index is 13.8. The number of hydrogen-bond donors (Lipinski definition) is 1. The number of hydrogen-bond acceptors (Lipinski definition) is 4. The molecule has 1 aromatic rings. The quantitative estimate of drug-likeness (QED) is 0.808. The van der Waals surface area contributed by atoms with Crippen LogP contribution in [0.5, 0.6) is 0 Å². The molecule has 0 saturated heterocycles. The molecule has 1 atom stereocenters. The summed E-state index contributed by atoms with van der Waals surface area (Å²) >= 11 is 0. The van der Waals surface area contributed by atoms with E-state index in [9.17, 15) is 17.6 Å². The van der Waals surface area contributed by atoms with Crippen molar-refractivity contribution < 1.29 is 22.3 Å². The van der Waals surface area contributed by atoms with E-state index in [1.807, 2.05) is 6.92 Å². The summed E-state index contributed by atoms with van der Waals surface area (Å²) in [5.74, 6) is -1.48. The van der Waals surface area contributed by atoms with Crippen LogP contribution in [0.4, 0.5) is 4.39 Å². The van der Waals surface area contributed by atoms with Crippen molar-refractivity contribution in [3.8, 4) is 0 Å². The molecule has 0 aliphatic rings. The van der Waals surface area contributed by atoms with Gasteiger partial charge in [-0.15, -0.1) is 0 Å². The average molecular weight is 338 g/mol. The highest BCUT2D eigenvalue weighted by atomic mass is 35.7. The molecule has 0 aliphatic heterocycles. The Morgan fingerprint density at radius 2 is 2.10 bits per heavy atom. The van der Waals surface area contributed by atoms with Gasteiger partial charge in [0.05, 0.1) is 6.61 Å². The van der Waals surface area contributed by atoms with Crippen LogP contribution in [0.2, 0.25) is 0 Å². The van der Waals surface area contributed by atoms with Gasteiger partial charge in [-0.1, -0.05) is 0 Å². The number of halogens is 2. The zero-order valence-corrected chi connectivity index (χ0v) is 13.5. The minimum absolute atomic E-state index is 0.0245. The van der Waals surface area contributed by atoms with E-state index < -0.39 is 25.7 Å². The van der Waals surface area contributed by atoms with E-state index in [2.05, 4.69) is 5.32 Å². The standard InChI is InChI=1S/C13H17ClFNO4S/c1-4-20-7-9(3)16-13(17)10-5-8(2)12(15)11(6-10)21(14,18)19/h5-6,9H,4,7H2,1-3H3,(H,16,17). The lowest BCUT2D eigenvalue weighted by molar-refractivity contribution is 0.0871. The summed E-state index contributed by atoms with van der Waals surface area (Å²) in [6.07, 6.45) is 0. The van der Waals surface area contributed by atoms with Crippen molar-refractivity contribution in [3.05, 3.63) is 29.1 Å². The molecular formula is C13H17ClFNO4S. The van der Waals surface area contributed by atoms with E-state index in [0.717, 1.165) is 6.07 Å². The first-order valence-corrected chi connectivity index (χ1v) is 8.61. The Balaban J connectivity index is 3.04. The van der Waals surface area contributed by atoms with Gasteiger partial charge in [-0.25, -0.2) is 12.8 Å². The van der Waals surface area contributed by atoms with Crippen molar-refractivity contribution in [1.29, 1.82) is 0 Å². The summed E-state index contributed by atoms with van der Waals surface area (Å²) in [5.41, 5.74) is 0.0517. The molecule has 1 N–H and O–H groups in total. The van der Waals surface area contributed by atoms with Crippen molar-refractivity contribution in [2.75, 3.05) is 13.2 Å². The van der Waals surface area contributed by atoms with Crippen molar-refractivity contribution in [2.24, 2.45) is 0 Å². The third-order valence-corrected chi connectivity index (χ3v) is 4.02. The van der Waals surface area contributed by atoms with Crippen LogP contribution in [0.3, 0.4) is 0 Å². The number of carbonyl (C=O) groups excluding carboxylic acids is 1. The number of nitrogens with one attached hydrogen (secondary N) is 1. The SMILES string of the molecule is CCOCC(C)NC(=O)c1cc(C)c(F)c(S(=O)(=O)Cl)c1. The molecule has 1 aromatic carbocycles. The Kier molecular flexibility index (Phi) is 6.12. The fourth-order valence-electron chi connectivity index (χ4n) is 1.69. The predicted molar refractivity (Wildman–Crippen MR) is 77.6 cm³/mol. The normalized spacial score (nSPS) is 13.0. The predicted octanol–water partition coefficient (Wildman–Crippen LogP) is 2.22. The molecule has 1 amide bonds. The number of ether oxygens (including phenoxy) is 1. The molecule has 8 heteroatoms. The van der Waals surface area contributed by atoms with E-state index in [-0.39, 0.29) is 17.2 Å². The first-order valence-electron chi connectivity index (χ1n) is 6.30. The molecule has 5 nitrogen and oxygen atoms in total. The van der Waals surface area contributed by atoms with Crippen LogP contribution < -0.4 is 5.32 Å². The van der Waals surface area contributed by atoms with Crippen molar-refractivity contribution in [3.63, 3.8) is 0 Å². The minimum Gasteiger partial charge on any atom is -0.380 e. The molecule has 0 fully saturated rings. The van der Waals surface area contributed by atoms with Crippen LogP contribution in [-0.4, -0.2) is 33.6 Å². The molecule has 0 spiro atoms. The molecule has 0 saturated carbocycles. The second-order valence-corrected chi connectivity index (χ2v) is 7.11. The van der Waals surface area contributed by atoms with Crippen LogP contribution in [0.15, 0.2) is 17.0 Å². The molecule has 0 aliphatic carbocycles. The number of benzene rings is 1. The highest BCUT2D eigenvalue weighted by molar-refractivity contribution is 8.13. The highest BCUT2D eigenvalue weighted by Gasteiger charge is 2.21. The second-order valence-electron chi connectivity index (χ2n) is 4.58. The lowest BCUT2D eigenvalue weighted by Crippen LogP contribution is -2.36. The Hall–Kier alpha value is -1.18. The van der Waals surface area contributed by atoms with Gasteiger partial charge >= 0.3 is 0 Å². The van der Waals surface area contributed by atoms with E-state index in [1.54, 1.807) is 6.92 Å². The monoisotopic (exact) mass is 337 g/mol. The molecule has 0 heterocycles. The highest BCUT2D eigenvalue weighted by Crippen LogP contribution is 2.23. The van der Waals surface area contributed by atoms with Gasteiger partial charge in [0.15, 0.2) is 0 Å². The van der Waals surface area contributed by atoms with Crippen molar-refractivity contribution in [1.82, 2.24) is 5.32 Å². The van der Waals surface area contributed by atoms with Gasteiger partial charge in [0.1, 0.15) is 10.7 Å². The molecule has 21 heavy (non-hydrogen) atoms. The Morgan fingerprint density at radius 3 is 2.62 bits per heavy atom. The maximum atomic E-state index is 13.8. The number of amides is 1. The summed E-state index contributed by atoms with van der Waals surface area (Å²) in [7, 11) is 0.905. The zero-order chi connectivity index (χ0) is 16.2.